The summed E-state index contributed by atoms with van der Waals surface area (Å²) in [6.07, 6.45) is -6.23. The Morgan fingerprint density at radius 2 is 1.61 bits per heavy atom. The number of ether oxygens (including phenoxy) is 1. The summed E-state index contributed by atoms with van der Waals surface area (Å²) < 4.78 is 69.9. The Morgan fingerprint density at radius 1 is 0.970 bits per heavy atom. The van der Waals surface area contributed by atoms with E-state index in [0.29, 0.717) is 17.8 Å². The minimum absolute atomic E-state index is 0.407. The van der Waals surface area contributed by atoms with Crippen molar-refractivity contribution in [3.63, 3.8) is 0 Å². The molecule has 0 radical (unpaired) electrons. The number of alkyl halides is 3. The van der Waals surface area contributed by atoms with Gasteiger partial charge in [-0.1, -0.05) is 24.3 Å². The molecule has 0 heterocycles. The van der Waals surface area contributed by atoms with E-state index in [0.717, 1.165) is 26.0 Å². The molecule has 3 amide bonds. The smallest absolute Gasteiger partial charge is 0.416 e. The maximum atomic E-state index is 12.8. The average molecular weight is 487 g/mol. The number of carbonyl (C=O) groups excluding carboxylic acids is 3. The van der Waals surface area contributed by atoms with Crippen molar-refractivity contribution in [2.45, 2.75) is 37.1 Å². The van der Waals surface area contributed by atoms with Gasteiger partial charge < -0.3 is 10.1 Å². The van der Waals surface area contributed by atoms with Gasteiger partial charge in [0, 0.05) is 5.69 Å². The summed E-state index contributed by atoms with van der Waals surface area (Å²) in [5, 5.41) is 4.34. The Labute approximate surface area is 187 Å². The molecule has 0 fully saturated rings. The highest BCUT2D eigenvalue weighted by Gasteiger charge is 2.32. The predicted molar refractivity (Wildman–Crippen MR) is 110 cm³/mol. The Hall–Kier alpha value is -3.45. The molecule has 0 aliphatic heterocycles. The second-order valence-corrected chi connectivity index (χ2v) is 8.47. The van der Waals surface area contributed by atoms with Crippen LogP contribution in [0.5, 0.6) is 0 Å². The molecule has 178 valence electrons. The number of nitrogens with one attached hydrogen (secondary N) is 3. The van der Waals surface area contributed by atoms with Gasteiger partial charge >= 0.3 is 18.2 Å². The van der Waals surface area contributed by atoms with E-state index in [1.54, 1.807) is 30.3 Å². The molecule has 0 unspecified atom stereocenters. The van der Waals surface area contributed by atoms with Gasteiger partial charge in [-0.15, -0.1) is 0 Å². The summed E-state index contributed by atoms with van der Waals surface area (Å²) in [4.78, 5) is 35.3. The first-order chi connectivity index (χ1) is 15.3. The molecule has 0 saturated carbocycles. The van der Waals surface area contributed by atoms with Crippen molar-refractivity contribution in [1.82, 2.24) is 10.0 Å². The summed E-state index contributed by atoms with van der Waals surface area (Å²) in [5.41, 5.74) is -0.773. The van der Waals surface area contributed by atoms with Crippen LogP contribution < -0.4 is 15.4 Å². The van der Waals surface area contributed by atoms with Crippen LogP contribution in [0, 0.1) is 0 Å². The number of imide groups is 1. The summed E-state index contributed by atoms with van der Waals surface area (Å²) in [5.74, 6) is -2.17. The highest BCUT2D eigenvalue weighted by molar-refractivity contribution is 7.89. The maximum absolute atomic E-state index is 12.8. The van der Waals surface area contributed by atoms with Crippen LogP contribution in [-0.2, 0) is 30.5 Å². The fraction of sp³-hybridized carbons (Fsp3) is 0.250. The van der Waals surface area contributed by atoms with Crippen LogP contribution in [0.3, 0.4) is 0 Å². The van der Waals surface area contributed by atoms with Gasteiger partial charge in [0.05, 0.1) is 10.5 Å². The number of hydrogen-bond donors (Lipinski definition) is 3. The molecule has 0 spiro atoms. The van der Waals surface area contributed by atoms with Gasteiger partial charge in [0.15, 0.2) is 6.10 Å². The quantitative estimate of drug-likeness (QED) is 0.515. The van der Waals surface area contributed by atoms with E-state index in [1.165, 1.54) is 0 Å². The zero-order valence-electron chi connectivity index (χ0n) is 17.3. The number of anilines is 1. The number of esters is 1. The van der Waals surface area contributed by atoms with Gasteiger partial charge in [0.25, 0.3) is 5.91 Å². The van der Waals surface area contributed by atoms with Crippen molar-refractivity contribution >= 4 is 33.6 Å². The van der Waals surface area contributed by atoms with E-state index in [2.05, 4.69) is 5.32 Å². The van der Waals surface area contributed by atoms with Crippen LogP contribution in [0.2, 0.25) is 0 Å². The second kappa shape index (κ2) is 10.4. The molecular weight excluding hydrogens is 467 g/mol. The van der Waals surface area contributed by atoms with Gasteiger partial charge in [0.2, 0.25) is 10.0 Å². The first kappa shape index (κ1) is 25.8. The molecule has 0 saturated heterocycles. The molecule has 0 aliphatic rings. The second-order valence-electron chi connectivity index (χ2n) is 6.76. The van der Waals surface area contributed by atoms with Crippen molar-refractivity contribution in [3.05, 3.63) is 60.2 Å². The first-order valence-corrected chi connectivity index (χ1v) is 10.8. The first-order valence-electron chi connectivity index (χ1n) is 9.36. The zero-order chi connectivity index (χ0) is 24.8. The number of rotatable bonds is 7. The van der Waals surface area contributed by atoms with Crippen molar-refractivity contribution < 1.29 is 40.7 Å². The van der Waals surface area contributed by atoms with Crippen LogP contribution in [0.15, 0.2) is 59.5 Å². The number of benzene rings is 2. The fourth-order valence-corrected chi connectivity index (χ4v) is 3.65. The molecule has 13 heteroatoms. The van der Waals surface area contributed by atoms with Crippen LogP contribution in [0.1, 0.15) is 19.4 Å². The lowest BCUT2D eigenvalue weighted by molar-refractivity contribution is -0.155. The van der Waals surface area contributed by atoms with Gasteiger partial charge in [-0.2, -0.15) is 17.9 Å². The van der Waals surface area contributed by atoms with Crippen LogP contribution in [0.4, 0.5) is 23.7 Å². The SMILES string of the molecule is C[C@H](NS(=O)(=O)c1cccc(C(F)(F)F)c1)C(=O)O[C@H](C)C(=O)NC(=O)Nc1ccccc1. The average Bonchev–Trinajstić information content (AvgIpc) is 2.73. The minimum atomic E-state index is -4.76. The zero-order valence-corrected chi connectivity index (χ0v) is 18.2. The normalized spacial score (nSPS) is 13.5. The molecular formula is C20H20F3N3O6S. The van der Waals surface area contributed by atoms with E-state index in [-0.39, 0.29) is 0 Å². The molecule has 2 rings (SSSR count). The van der Waals surface area contributed by atoms with Crippen LogP contribution >= 0.6 is 0 Å². The summed E-state index contributed by atoms with van der Waals surface area (Å²) in [7, 11) is -4.51. The van der Waals surface area contributed by atoms with Crippen molar-refractivity contribution in [3.8, 4) is 0 Å². The summed E-state index contributed by atoms with van der Waals surface area (Å²) in [6, 6.07) is 8.71. The van der Waals surface area contributed by atoms with Crippen LogP contribution in [0.25, 0.3) is 0 Å². The number of hydrogen-bond acceptors (Lipinski definition) is 6. The highest BCUT2D eigenvalue weighted by Crippen LogP contribution is 2.30. The molecule has 0 aliphatic carbocycles. The largest absolute Gasteiger partial charge is 0.451 e. The van der Waals surface area contributed by atoms with E-state index < -0.39 is 56.7 Å². The van der Waals surface area contributed by atoms with Gasteiger partial charge in [-0.25, -0.2) is 13.2 Å². The molecule has 33 heavy (non-hydrogen) atoms. The molecule has 2 aromatic carbocycles. The van der Waals surface area contributed by atoms with E-state index >= 15 is 0 Å². The summed E-state index contributed by atoms with van der Waals surface area (Å²) >= 11 is 0. The third kappa shape index (κ3) is 7.57. The topological polar surface area (TPSA) is 131 Å². The standard InChI is InChI=1S/C20H20F3N3O6S/c1-12(26-33(30,31)16-10-6-7-14(11-16)20(21,22)23)18(28)32-13(2)17(27)25-19(29)24-15-8-4-3-5-9-15/h3-13,26H,1-2H3,(H2,24,25,27,29)/t12-,13+/m0/s1. The van der Waals surface area contributed by atoms with Gasteiger partial charge in [-0.3, -0.25) is 14.9 Å². The third-order valence-electron chi connectivity index (χ3n) is 4.09. The van der Waals surface area contributed by atoms with Crippen molar-refractivity contribution in [2.24, 2.45) is 0 Å². The molecule has 3 N–H and O–H groups in total. The van der Waals surface area contributed by atoms with Crippen molar-refractivity contribution in [2.75, 3.05) is 5.32 Å². The maximum Gasteiger partial charge on any atom is 0.416 e. The molecule has 2 aromatic rings. The fourth-order valence-electron chi connectivity index (χ4n) is 2.42. The molecule has 0 aromatic heterocycles. The van der Waals surface area contributed by atoms with Gasteiger partial charge in [-0.05, 0) is 44.2 Å². The monoisotopic (exact) mass is 487 g/mol. The number of sulfonamides is 1. The third-order valence-corrected chi connectivity index (χ3v) is 5.63. The lowest BCUT2D eigenvalue weighted by Crippen LogP contribution is -2.45. The lowest BCUT2D eigenvalue weighted by Gasteiger charge is -2.18. The highest BCUT2D eigenvalue weighted by atomic mass is 32.2. The molecule has 0 bridgehead atoms. The Morgan fingerprint density at radius 3 is 2.21 bits per heavy atom. The number of carbonyl (C=O) groups is 3. The summed E-state index contributed by atoms with van der Waals surface area (Å²) in [6.45, 7) is 2.23. The lowest BCUT2D eigenvalue weighted by atomic mass is 10.2. The molecule has 2 atom stereocenters. The Balaban J connectivity index is 1.95. The Bertz CT molecular complexity index is 1120. The number of amides is 3. The van der Waals surface area contributed by atoms with E-state index in [1.807, 2.05) is 10.0 Å². The van der Waals surface area contributed by atoms with Crippen LogP contribution in [-0.4, -0.2) is 38.5 Å². The minimum Gasteiger partial charge on any atom is -0.451 e. The number of halogens is 3. The van der Waals surface area contributed by atoms with Crippen molar-refractivity contribution in [1.29, 1.82) is 0 Å². The predicted octanol–water partition coefficient (Wildman–Crippen LogP) is 2.65. The number of urea groups is 1. The Kier molecular flexibility index (Phi) is 8.17. The van der Waals surface area contributed by atoms with E-state index in [9.17, 15) is 36.0 Å². The molecule has 9 nitrogen and oxygen atoms in total. The van der Waals surface area contributed by atoms with E-state index in [4.69, 9.17) is 4.74 Å². The van der Waals surface area contributed by atoms with Gasteiger partial charge in [0.1, 0.15) is 6.04 Å². The number of para-hydroxylation sites is 1.